The molecule has 1 N–H and O–H groups in total. The maximum Gasteiger partial charge on any atom is 0.327 e. The molecule has 1 aromatic rings. The van der Waals surface area contributed by atoms with Gasteiger partial charge >= 0.3 is 5.97 Å². The number of esters is 1. The minimum atomic E-state index is -0.344. The van der Waals surface area contributed by atoms with Gasteiger partial charge in [0.25, 0.3) is 0 Å². The minimum Gasteiger partial charge on any atom is -0.468 e. The van der Waals surface area contributed by atoms with Gasteiger partial charge in [-0.25, -0.2) is 4.79 Å². The number of benzene rings is 1. The van der Waals surface area contributed by atoms with Crippen LogP contribution in [0.1, 0.15) is 54.8 Å². The fourth-order valence-corrected chi connectivity index (χ4v) is 3.06. The average molecular weight is 275 g/mol. The zero-order chi connectivity index (χ0) is 14.5. The number of hydrogen-bond acceptors (Lipinski definition) is 3. The fourth-order valence-electron chi connectivity index (χ4n) is 3.06. The molecule has 0 heterocycles. The number of carbonyl (C=O) groups excluding carboxylic acids is 1. The van der Waals surface area contributed by atoms with Gasteiger partial charge in [0, 0.05) is 6.04 Å². The number of ether oxygens (including phenoxy) is 1. The van der Waals surface area contributed by atoms with E-state index < -0.39 is 0 Å². The van der Waals surface area contributed by atoms with Crippen molar-refractivity contribution >= 4 is 5.97 Å². The van der Waals surface area contributed by atoms with E-state index in [-0.39, 0.29) is 12.0 Å². The van der Waals surface area contributed by atoms with E-state index in [9.17, 15) is 4.79 Å². The Labute approximate surface area is 121 Å². The van der Waals surface area contributed by atoms with Crippen LogP contribution >= 0.6 is 0 Å². The Bertz CT molecular complexity index is 464. The summed E-state index contributed by atoms with van der Waals surface area (Å²) in [6.07, 6.45) is 6.11. The van der Waals surface area contributed by atoms with Gasteiger partial charge in [0.2, 0.25) is 0 Å². The minimum absolute atomic E-state index is 0.192. The van der Waals surface area contributed by atoms with E-state index in [0.717, 1.165) is 24.0 Å². The van der Waals surface area contributed by atoms with E-state index in [2.05, 4.69) is 31.3 Å². The van der Waals surface area contributed by atoms with Gasteiger partial charge in [-0.05, 0) is 37.8 Å². The van der Waals surface area contributed by atoms with Gasteiger partial charge in [-0.2, -0.15) is 0 Å². The number of carbonyl (C=O) groups is 1. The second kappa shape index (κ2) is 6.89. The van der Waals surface area contributed by atoms with E-state index >= 15 is 0 Å². The Morgan fingerprint density at radius 3 is 2.55 bits per heavy atom. The van der Waals surface area contributed by atoms with Crippen LogP contribution in [0.15, 0.2) is 18.2 Å². The van der Waals surface area contributed by atoms with Crippen LogP contribution in [0.4, 0.5) is 0 Å². The molecule has 0 aliphatic heterocycles. The van der Waals surface area contributed by atoms with Crippen molar-refractivity contribution in [1.29, 1.82) is 0 Å². The Balaban J connectivity index is 2.20. The van der Waals surface area contributed by atoms with Gasteiger partial charge in [-0.15, -0.1) is 0 Å². The van der Waals surface area contributed by atoms with Crippen LogP contribution in [0, 0.1) is 13.8 Å². The average Bonchev–Trinajstić information content (AvgIpc) is 2.46. The molecule has 0 aromatic heterocycles. The number of hydrogen-bond donors (Lipinski definition) is 1. The monoisotopic (exact) mass is 275 g/mol. The first-order valence-corrected chi connectivity index (χ1v) is 7.53. The number of nitrogens with one attached hydrogen (secondary N) is 1. The molecule has 0 spiro atoms. The molecule has 3 nitrogen and oxygen atoms in total. The molecule has 1 fully saturated rings. The summed E-state index contributed by atoms with van der Waals surface area (Å²) >= 11 is 0. The molecule has 2 rings (SSSR count). The molecule has 1 atom stereocenters. The van der Waals surface area contributed by atoms with Gasteiger partial charge in [0.1, 0.15) is 6.04 Å². The molecule has 0 saturated heterocycles. The lowest BCUT2D eigenvalue weighted by Crippen LogP contribution is -2.39. The van der Waals surface area contributed by atoms with Crippen molar-refractivity contribution < 1.29 is 9.53 Å². The zero-order valence-corrected chi connectivity index (χ0v) is 12.7. The molecule has 1 aromatic carbocycles. The van der Waals surface area contributed by atoms with E-state index in [1.807, 2.05) is 6.07 Å². The molecule has 1 aliphatic rings. The van der Waals surface area contributed by atoms with Gasteiger partial charge < -0.3 is 4.74 Å². The largest absolute Gasteiger partial charge is 0.468 e. The fraction of sp³-hybridized carbons (Fsp3) is 0.588. The van der Waals surface area contributed by atoms with E-state index in [1.54, 1.807) is 0 Å². The van der Waals surface area contributed by atoms with Crippen LogP contribution in [0.5, 0.6) is 0 Å². The summed E-state index contributed by atoms with van der Waals surface area (Å²) in [5.41, 5.74) is 3.39. The molecule has 1 aliphatic carbocycles. The summed E-state index contributed by atoms with van der Waals surface area (Å²) in [6.45, 7) is 4.12. The standard InChI is InChI=1S/C17H25NO2/c1-12-9-10-15(13(2)11-12)16(17(19)20-3)18-14-7-5-4-6-8-14/h9-11,14,16,18H,4-8H2,1-3H3. The van der Waals surface area contributed by atoms with Crippen molar-refractivity contribution in [2.75, 3.05) is 7.11 Å². The molecule has 1 unspecified atom stereocenters. The lowest BCUT2D eigenvalue weighted by atomic mass is 9.93. The molecule has 20 heavy (non-hydrogen) atoms. The topological polar surface area (TPSA) is 38.3 Å². The van der Waals surface area contributed by atoms with Crippen LogP contribution in [-0.4, -0.2) is 19.1 Å². The molecule has 0 radical (unpaired) electrons. The van der Waals surface area contributed by atoms with Crippen molar-refractivity contribution in [3.63, 3.8) is 0 Å². The molecule has 0 amide bonds. The normalized spacial score (nSPS) is 17.8. The Hall–Kier alpha value is -1.35. The van der Waals surface area contributed by atoms with Crippen LogP contribution in [0.2, 0.25) is 0 Å². The number of aryl methyl sites for hydroxylation is 2. The van der Waals surface area contributed by atoms with Crippen molar-refractivity contribution in [3.05, 3.63) is 34.9 Å². The van der Waals surface area contributed by atoms with Gasteiger partial charge in [-0.3, -0.25) is 5.32 Å². The summed E-state index contributed by atoms with van der Waals surface area (Å²) in [6, 6.07) is 6.30. The van der Waals surface area contributed by atoms with Crippen molar-refractivity contribution in [2.45, 2.75) is 58.0 Å². The third kappa shape index (κ3) is 3.60. The quantitative estimate of drug-likeness (QED) is 0.855. The van der Waals surface area contributed by atoms with E-state index in [0.29, 0.717) is 6.04 Å². The van der Waals surface area contributed by atoms with Gasteiger partial charge in [0.15, 0.2) is 0 Å². The first-order valence-electron chi connectivity index (χ1n) is 7.53. The molecular formula is C17H25NO2. The smallest absolute Gasteiger partial charge is 0.327 e. The maximum atomic E-state index is 12.1. The van der Waals surface area contributed by atoms with Crippen molar-refractivity contribution in [2.24, 2.45) is 0 Å². The third-order valence-corrected chi connectivity index (χ3v) is 4.18. The summed E-state index contributed by atoms with van der Waals surface area (Å²) in [5.74, 6) is -0.192. The SMILES string of the molecule is COC(=O)C(NC1CCCCC1)c1ccc(C)cc1C. The Kier molecular flexibility index (Phi) is 5.18. The molecule has 3 heteroatoms. The first-order chi connectivity index (χ1) is 9.61. The zero-order valence-electron chi connectivity index (χ0n) is 12.7. The molecule has 0 bridgehead atoms. The molecule has 110 valence electrons. The van der Waals surface area contributed by atoms with Crippen LogP contribution < -0.4 is 5.32 Å². The summed E-state index contributed by atoms with van der Waals surface area (Å²) < 4.78 is 4.99. The molecular weight excluding hydrogens is 250 g/mol. The van der Waals surface area contributed by atoms with Gasteiger partial charge in [0.05, 0.1) is 7.11 Å². The highest BCUT2D eigenvalue weighted by Gasteiger charge is 2.26. The highest BCUT2D eigenvalue weighted by atomic mass is 16.5. The third-order valence-electron chi connectivity index (χ3n) is 4.18. The predicted octanol–water partition coefficient (Wildman–Crippen LogP) is 3.44. The van der Waals surface area contributed by atoms with Gasteiger partial charge in [-0.1, -0.05) is 43.0 Å². The molecule has 1 saturated carbocycles. The van der Waals surface area contributed by atoms with Crippen LogP contribution in [-0.2, 0) is 9.53 Å². The van der Waals surface area contributed by atoms with E-state index in [4.69, 9.17) is 4.74 Å². The second-order valence-corrected chi connectivity index (χ2v) is 5.82. The second-order valence-electron chi connectivity index (χ2n) is 5.82. The lowest BCUT2D eigenvalue weighted by molar-refractivity contribution is -0.143. The van der Waals surface area contributed by atoms with E-state index in [1.165, 1.54) is 31.9 Å². The number of rotatable bonds is 4. The lowest BCUT2D eigenvalue weighted by Gasteiger charge is -2.28. The predicted molar refractivity (Wildman–Crippen MR) is 80.7 cm³/mol. The summed E-state index contributed by atoms with van der Waals surface area (Å²) in [4.78, 5) is 12.1. The highest BCUT2D eigenvalue weighted by molar-refractivity contribution is 5.78. The highest BCUT2D eigenvalue weighted by Crippen LogP contribution is 2.25. The maximum absolute atomic E-state index is 12.1. The number of methoxy groups -OCH3 is 1. The first kappa shape index (κ1) is 15.0. The van der Waals surface area contributed by atoms with Crippen molar-refractivity contribution in [1.82, 2.24) is 5.32 Å². The summed E-state index contributed by atoms with van der Waals surface area (Å²) in [7, 11) is 1.46. The Morgan fingerprint density at radius 2 is 1.95 bits per heavy atom. The Morgan fingerprint density at radius 1 is 1.25 bits per heavy atom. The van der Waals surface area contributed by atoms with Crippen molar-refractivity contribution in [3.8, 4) is 0 Å². The summed E-state index contributed by atoms with van der Waals surface area (Å²) in [5, 5.41) is 3.51. The van der Waals surface area contributed by atoms with Crippen LogP contribution in [0.3, 0.4) is 0 Å². The van der Waals surface area contributed by atoms with Crippen LogP contribution in [0.25, 0.3) is 0 Å².